The highest BCUT2D eigenvalue weighted by Gasteiger charge is 2.43. The van der Waals surface area contributed by atoms with Gasteiger partial charge in [0.2, 0.25) is 0 Å². The second-order valence-electron chi connectivity index (χ2n) is 5.06. The van der Waals surface area contributed by atoms with Crippen molar-refractivity contribution in [3.05, 3.63) is 23.7 Å². The van der Waals surface area contributed by atoms with Crippen molar-refractivity contribution in [1.29, 1.82) is 0 Å². The first-order valence-electron chi connectivity index (χ1n) is 6.17. The van der Waals surface area contributed by atoms with E-state index in [9.17, 15) is 4.79 Å². The molecule has 92 valence electrons. The second kappa shape index (κ2) is 4.16. The van der Waals surface area contributed by atoms with E-state index >= 15 is 0 Å². The van der Waals surface area contributed by atoms with Gasteiger partial charge in [-0.05, 0) is 38.7 Å². The van der Waals surface area contributed by atoms with Crippen LogP contribution >= 0.6 is 15.9 Å². The van der Waals surface area contributed by atoms with Gasteiger partial charge in [-0.25, -0.2) is 0 Å². The largest absolute Gasteiger partial charge is 0.469 e. The summed E-state index contributed by atoms with van der Waals surface area (Å²) in [6.45, 7) is 1.85. The first-order valence-corrected chi connectivity index (χ1v) is 7.09. The molecule has 1 amide bonds. The number of nitrogens with zero attached hydrogens (tertiary/aromatic N) is 1. The number of piperidine rings is 1. The number of amides is 1. The smallest absolute Gasteiger partial charge is 0.257 e. The molecule has 0 spiro atoms. The number of carbonyl (C=O) groups excluding carboxylic acids is 1. The van der Waals surface area contributed by atoms with E-state index in [1.807, 2.05) is 6.92 Å². The van der Waals surface area contributed by atoms with Crippen LogP contribution in [-0.4, -0.2) is 27.7 Å². The van der Waals surface area contributed by atoms with Crippen molar-refractivity contribution in [3.8, 4) is 0 Å². The molecule has 0 aromatic carbocycles. The topological polar surface area (TPSA) is 33.5 Å². The monoisotopic (exact) mass is 297 g/mol. The lowest BCUT2D eigenvalue weighted by atomic mass is 10.0. The van der Waals surface area contributed by atoms with Crippen LogP contribution in [0.2, 0.25) is 0 Å². The minimum absolute atomic E-state index is 0.156. The van der Waals surface area contributed by atoms with Gasteiger partial charge in [-0.3, -0.25) is 4.79 Å². The SMILES string of the molecule is Cc1occc1C(=O)N1C2CCC1CC(Br)C2. The predicted octanol–water partition coefficient (Wildman–Crippen LogP) is 3.12. The summed E-state index contributed by atoms with van der Waals surface area (Å²) in [5, 5.41) is 0. The molecule has 2 atom stereocenters. The summed E-state index contributed by atoms with van der Waals surface area (Å²) in [6, 6.07) is 2.62. The number of rotatable bonds is 1. The molecule has 2 aliphatic rings. The van der Waals surface area contributed by atoms with Gasteiger partial charge < -0.3 is 9.32 Å². The van der Waals surface area contributed by atoms with Gasteiger partial charge in [-0.2, -0.15) is 0 Å². The average molecular weight is 298 g/mol. The summed E-state index contributed by atoms with van der Waals surface area (Å²) in [5.41, 5.74) is 0.731. The van der Waals surface area contributed by atoms with Crippen molar-refractivity contribution < 1.29 is 9.21 Å². The summed E-state index contributed by atoms with van der Waals surface area (Å²) in [4.78, 5) is 15.2. The second-order valence-corrected chi connectivity index (χ2v) is 6.35. The molecule has 0 saturated carbocycles. The highest BCUT2D eigenvalue weighted by atomic mass is 79.9. The highest BCUT2D eigenvalue weighted by Crippen LogP contribution is 2.39. The predicted molar refractivity (Wildman–Crippen MR) is 68.4 cm³/mol. The van der Waals surface area contributed by atoms with Crippen LogP contribution in [0.1, 0.15) is 41.8 Å². The third-order valence-corrected chi connectivity index (χ3v) is 4.75. The molecule has 4 heteroatoms. The van der Waals surface area contributed by atoms with Crippen LogP contribution in [-0.2, 0) is 0 Å². The van der Waals surface area contributed by atoms with Gasteiger partial charge in [0.25, 0.3) is 5.91 Å². The van der Waals surface area contributed by atoms with Crippen LogP contribution in [0.15, 0.2) is 16.7 Å². The molecule has 0 N–H and O–H groups in total. The molecular weight excluding hydrogens is 282 g/mol. The molecule has 1 aromatic heterocycles. The van der Waals surface area contributed by atoms with E-state index in [1.165, 1.54) is 0 Å². The molecule has 2 bridgehead atoms. The van der Waals surface area contributed by atoms with Crippen molar-refractivity contribution in [3.63, 3.8) is 0 Å². The molecule has 1 aromatic rings. The van der Waals surface area contributed by atoms with E-state index in [4.69, 9.17) is 4.42 Å². The van der Waals surface area contributed by atoms with Crippen LogP contribution in [0.3, 0.4) is 0 Å². The van der Waals surface area contributed by atoms with Crippen molar-refractivity contribution in [1.82, 2.24) is 4.90 Å². The molecule has 2 fully saturated rings. The summed E-state index contributed by atoms with van der Waals surface area (Å²) in [6.07, 6.45) is 6.06. The highest BCUT2D eigenvalue weighted by molar-refractivity contribution is 9.09. The number of halogens is 1. The van der Waals surface area contributed by atoms with E-state index in [0.29, 0.717) is 16.9 Å². The first-order chi connectivity index (χ1) is 8.16. The normalized spacial score (nSPS) is 31.9. The number of furan rings is 1. The van der Waals surface area contributed by atoms with E-state index in [-0.39, 0.29) is 5.91 Å². The van der Waals surface area contributed by atoms with E-state index in [2.05, 4.69) is 20.8 Å². The summed E-state index contributed by atoms with van der Waals surface area (Å²) in [5.74, 6) is 0.888. The lowest BCUT2D eigenvalue weighted by molar-refractivity contribution is 0.0602. The Morgan fingerprint density at radius 1 is 1.41 bits per heavy atom. The number of carbonyl (C=O) groups is 1. The van der Waals surface area contributed by atoms with Crippen LogP contribution in [0.25, 0.3) is 0 Å². The van der Waals surface area contributed by atoms with Crippen molar-refractivity contribution in [2.45, 2.75) is 49.5 Å². The van der Waals surface area contributed by atoms with Crippen molar-refractivity contribution in [2.24, 2.45) is 0 Å². The summed E-state index contributed by atoms with van der Waals surface area (Å²) >= 11 is 3.69. The zero-order chi connectivity index (χ0) is 12.0. The number of alkyl halides is 1. The van der Waals surface area contributed by atoms with E-state index in [0.717, 1.165) is 37.0 Å². The molecule has 3 heterocycles. The zero-order valence-electron chi connectivity index (χ0n) is 9.86. The minimum Gasteiger partial charge on any atom is -0.469 e. The molecule has 0 radical (unpaired) electrons. The first kappa shape index (κ1) is 11.3. The fourth-order valence-electron chi connectivity index (χ4n) is 3.19. The Kier molecular flexibility index (Phi) is 2.77. The Morgan fingerprint density at radius 3 is 2.59 bits per heavy atom. The van der Waals surface area contributed by atoms with Gasteiger partial charge in [-0.1, -0.05) is 15.9 Å². The van der Waals surface area contributed by atoms with Gasteiger partial charge in [0, 0.05) is 16.9 Å². The molecule has 17 heavy (non-hydrogen) atoms. The quantitative estimate of drug-likeness (QED) is 0.746. The molecule has 2 saturated heterocycles. The van der Waals surface area contributed by atoms with Gasteiger partial charge in [0.15, 0.2) is 0 Å². The minimum atomic E-state index is 0.156. The molecular formula is C13H16BrNO2. The molecule has 2 unspecified atom stereocenters. The maximum atomic E-state index is 12.5. The Labute approximate surface area is 109 Å². The van der Waals surface area contributed by atoms with Gasteiger partial charge in [0.05, 0.1) is 11.8 Å². The van der Waals surface area contributed by atoms with Crippen LogP contribution in [0.5, 0.6) is 0 Å². The number of aryl methyl sites for hydroxylation is 1. The van der Waals surface area contributed by atoms with Crippen LogP contribution in [0.4, 0.5) is 0 Å². The third-order valence-electron chi connectivity index (χ3n) is 4.00. The lowest BCUT2D eigenvalue weighted by Crippen LogP contribution is -2.46. The Balaban J connectivity index is 1.86. The average Bonchev–Trinajstić information content (AvgIpc) is 2.81. The van der Waals surface area contributed by atoms with E-state index < -0.39 is 0 Å². The van der Waals surface area contributed by atoms with Crippen molar-refractivity contribution >= 4 is 21.8 Å². The molecule has 2 aliphatic heterocycles. The Morgan fingerprint density at radius 2 is 2.06 bits per heavy atom. The van der Waals surface area contributed by atoms with Gasteiger partial charge >= 0.3 is 0 Å². The summed E-state index contributed by atoms with van der Waals surface area (Å²) in [7, 11) is 0. The number of fused-ring (bicyclic) bond motifs is 2. The van der Waals surface area contributed by atoms with Gasteiger partial charge in [0.1, 0.15) is 5.76 Å². The number of hydrogen-bond donors (Lipinski definition) is 0. The van der Waals surface area contributed by atoms with E-state index in [1.54, 1.807) is 12.3 Å². The Hall–Kier alpha value is -0.770. The molecule has 0 aliphatic carbocycles. The third kappa shape index (κ3) is 1.82. The fraction of sp³-hybridized carbons (Fsp3) is 0.615. The summed E-state index contributed by atoms with van der Waals surface area (Å²) < 4.78 is 5.23. The standard InChI is InChI=1S/C13H16BrNO2/c1-8-12(4-5-17-8)13(16)15-10-2-3-11(15)7-9(14)6-10/h4-5,9-11H,2-3,6-7H2,1H3. The maximum absolute atomic E-state index is 12.5. The fourth-order valence-corrected chi connectivity index (χ4v) is 4.05. The van der Waals surface area contributed by atoms with Gasteiger partial charge in [-0.15, -0.1) is 0 Å². The lowest BCUT2D eigenvalue weighted by Gasteiger charge is -2.37. The van der Waals surface area contributed by atoms with Crippen LogP contribution < -0.4 is 0 Å². The zero-order valence-corrected chi connectivity index (χ0v) is 11.4. The maximum Gasteiger partial charge on any atom is 0.257 e. The number of hydrogen-bond acceptors (Lipinski definition) is 2. The molecule has 3 nitrogen and oxygen atoms in total. The van der Waals surface area contributed by atoms with Crippen LogP contribution in [0, 0.1) is 6.92 Å². The Bertz CT molecular complexity index is 428. The molecule has 3 rings (SSSR count). The van der Waals surface area contributed by atoms with Crippen molar-refractivity contribution in [2.75, 3.05) is 0 Å².